The maximum Gasteiger partial charge on any atom is 0.227 e. The van der Waals surface area contributed by atoms with Gasteiger partial charge in [-0.25, -0.2) is 0 Å². The molecule has 1 fully saturated rings. The zero-order valence-electron chi connectivity index (χ0n) is 10.6. The van der Waals surface area contributed by atoms with Gasteiger partial charge in [0.25, 0.3) is 0 Å². The zero-order chi connectivity index (χ0) is 12.3. The van der Waals surface area contributed by atoms with E-state index in [1.807, 2.05) is 13.8 Å². The molecular weight excluding hydrogens is 214 g/mol. The molecule has 0 bridgehead atoms. The number of anilines is 2. The van der Waals surface area contributed by atoms with E-state index in [0.717, 1.165) is 18.3 Å². The molecule has 1 aliphatic carbocycles. The molecule has 3 N–H and O–H groups in total. The predicted molar refractivity (Wildman–Crippen MR) is 68.8 cm³/mol. The predicted octanol–water partition coefficient (Wildman–Crippen LogP) is 2.18. The Morgan fingerprint density at radius 1 is 1.29 bits per heavy atom. The van der Waals surface area contributed by atoms with Gasteiger partial charge in [-0.15, -0.1) is 0 Å². The second-order valence-electron chi connectivity index (χ2n) is 5.04. The van der Waals surface area contributed by atoms with Crippen molar-refractivity contribution >= 4 is 11.9 Å². The van der Waals surface area contributed by atoms with Crippen LogP contribution in [0.3, 0.4) is 0 Å². The quantitative estimate of drug-likeness (QED) is 0.739. The van der Waals surface area contributed by atoms with E-state index in [9.17, 15) is 0 Å². The number of rotatable bonds is 6. The van der Waals surface area contributed by atoms with Crippen LogP contribution in [0, 0.1) is 5.92 Å². The van der Waals surface area contributed by atoms with E-state index in [0.29, 0.717) is 11.9 Å². The molecule has 0 unspecified atom stereocenters. The third-order valence-corrected chi connectivity index (χ3v) is 2.96. The summed E-state index contributed by atoms with van der Waals surface area (Å²) >= 11 is 0. The summed E-state index contributed by atoms with van der Waals surface area (Å²) in [4.78, 5) is 12.6. The van der Waals surface area contributed by atoms with Gasteiger partial charge in [0.2, 0.25) is 11.9 Å². The first-order valence-electron chi connectivity index (χ1n) is 6.40. The molecule has 0 radical (unpaired) electrons. The number of hydrogen-bond acceptors (Lipinski definition) is 5. The van der Waals surface area contributed by atoms with E-state index in [1.54, 1.807) is 0 Å². The highest BCUT2D eigenvalue weighted by Crippen LogP contribution is 2.33. The van der Waals surface area contributed by atoms with Crippen LogP contribution in [0.25, 0.3) is 0 Å². The second-order valence-corrected chi connectivity index (χ2v) is 5.04. The van der Waals surface area contributed by atoms with Crippen molar-refractivity contribution in [3.63, 3.8) is 0 Å². The van der Waals surface area contributed by atoms with E-state index >= 15 is 0 Å². The van der Waals surface area contributed by atoms with Crippen LogP contribution in [0.15, 0.2) is 0 Å². The number of nitrogen functional groups attached to an aromatic ring is 1. The lowest BCUT2D eigenvalue weighted by Crippen LogP contribution is -2.11. The molecule has 1 aromatic rings. The van der Waals surface area contributed by atoms with Crippen molar-refractivity contribution in [3.05, 3.63) is 5.82 Å². The smallest absolute Gasteiger partial charge is 0.227 e. The van der Waals surface area contributed by atoms with Gasteiger partial charge in [-0.05, 0) is 18.8 Å². The van der Waals surface area contributed by atoms with Crippen molar-refractivity contribution in [2.75, 3.05) is 17.6 Å². The van der Waals surface area contributed by atoms with Crippen LogP contribution < -0.4 is 11.1 Å². The summed E-state index contributed by atoms with van der Waals surface area (Å²) in [5, 5.41) is 3.22. The van der Waals surface area contributed by atoms with Crippen molar-refractivity contribution < 1.29 is 0 Å². The number of hydrogen-bond donors (Lipinski definition) is 2. The molecule has 0 spiro atoms. The minimum Gasteiger partial charge on any atom is -0.368 e. The fourth-order valence-electron chi connectivity index (χ4n) is 1.74. The van der Waals surface area contributed by atoms with Crippen molar-refractivity contribution in [1.82, 2.24) is 15.0 Å². The summed E-state index contributed by atoms with van der Waals surface area (Å²) in [6.45, 7) is 5.01. The molecule has 17 heavy (non-hydrogen) atoms. The van der Waals surface area contributed by atoms with Crippen LogP contribution in [0.5, 0.6) is 0 Å². The molecule has 5 nitrogen and oxygen atoms in total. The van der Waals surface area contributed by atoms with Crippen molar-refractivity contribution in [3.8, 4) is 0 Å². The van der Waals surface area contributed by atoms with E-state index in [-0.39, 0.29) is 5.92 Å². The van der Waals surface area contributed by atoms with Gasteiger partial charge in [-0.3, -0.25) is 0 Å². The Labute approximate surface area is 102 Å². The number of nitrogens with two attached hydrogens (primary N) is 1. The van der Waals surface area contributed by atoms with Gasteiger partial charge in [0.05, 0.1) is 0 Å². The topological polar surface area (TPSA) is 76.7 Å². The third kappa shape index (κ3) is 3.84. The lowest BCUT2D eigenvalue weighted by atomic mass is 10.2. The fraction of sp³-hybridized carbons (Fsp3) is 0.750. The molecule has 0 aromatic carbocycles. The number of nitrogens with zero attached hydrogens (tertiary/aromatic N) is 3. The highest BCUT2D eigenvalue weighted by atomic mass is 15.2. The summed E-state index contributed by atoms with van der Waals surface area (Å²) in [5.74, 6) is 2.91. The Morgan fingerprint density at radius 2 is 2.06 bits per heavy atom. The normalized spacial score (nSPS) is 15.2. The van der Waals surface area contributed by atoms with E-state index in [1.165, 1.54) is 25.7 Å². The highest BCUT2D eigenvalue weighted by molar-refractivity contribution is 5.31. The zero-order valence-corrected chi connectivity index (χ0v) is 10.6. The SMILES string of the molecule is CC(C)c1nc(N)nc(NCCCC2CC2)n1. The molecule has 1 saturated carbocycles. The van der Waals surface area contributed by atoms with E-state index < -0.39 is 0 Å². The largest absolute Gasteiger partial charge is 0.368 e. The van der Waals surface area contributed by atoms with Crippen LogP contribution >= 0.6 is 0 Å². The van der Waals surface area contributed by atoms with Crippen LogP contribution in [0.2, 0.25) is 0 Å². The lowest BCUT2D eigenvalue weighted by molar-refractivity contribution is 0.683. The molecule has 94 valence electrons. The van der Waals surface area contributed by atoms with Gasteiger partial charge < -0.3 is 11.1 Å². The molecule has 1 aromatic heterocycles. The second kappa shape index (κ2) is 5.29. The van der Waals surface area contributed by atoms with Gasteiger partial charge in [-0.1, -0.05) is 26.7 Å². The molecule has 0 aliphatic heterocycles. The molecule has 0 atom stereocenters. The molecule has 1 aliphatic rings. The van der Waals surface area contributed by atoms with Crippen molar-refractivity contribution in [1.29, 1.82) is 0 Å². The minimum atomic E-state index is 0.271. The lowest BCUT2D eigenvalue weighted by Gasteiger charge is -2.08. The van der Waals surface area contributed by atoms with Crippen LogP contribution in [-0.2, 0) is 0 Å². The standard InChI is InChI=1S/C12H21N5/c1-8(2)10-15-11(13)17-12(16-10)14-7-3-4-9-5-6-9/h8-9H,3-7H2,1-2H3,(H3,13,14,15,16,17). The van der Waals surface area contributed by atoms with Crippen LogP contribution in [0.4, 0.5) is 11.9 Å². The van der Waals surface area contributed by atoms with Gasteiger partial charge >= 0.3 is 0 Å². The monoisotopic (exact) mass is 235 g/mol. The van der Waals surface area contributed by atoms with E-state index in [2.05, 4.69) is 20.3 Å². The molecule has 0 amide bonds. The summed E-state index contributed by atoms with van der Waals surface area (Å²) in [5.41, 5.74) is 5.66. The summed E-state index contributed by atoms with van der Waals surface area (Å²) in [7, 11) is 0. The highest BCUT2D eigenvalue weighted by Gasteiger charge is 2.20. The third-order valence-electron chi connectivity index (χ3n) is 2.96. The van der Waals surface area contributed by atoms with Crippen molar-refractivity contribution in [2.24, 2.45) is 5.92 Å². The summed E-state index contributed by atoms with van der Waals surface area (Å²) in [6, 6.07) is 0. The first-order chi connectivity index (χ1) is 8.15. The van der Waals surface area contributed by atoms with Gasteiger partial charge in [-0.2, -0.15) is 15.0 Å². The molecule has 5 heteroatoms. The average molecular weight is 235 g/mol. The van der Waals surface area contributed by atoms with Gasteiger partial charge in [0.1, 0.15) is 5.82 Å². The average Bonchev–Trinajstić information content (AvgIpc) is 3.07. The molecule has 0 saturated heterocycles. The summed E-state index contributed by atoms with van der Waals surface area (Å²) < 4.78 is 0. The maximum absolute atomic E-state index is 5.66. The fourth-order valence-corrected chi connectivity index (χ4v) is 1.74. The first kappa shape index (κ1) is 12.1. The Morgan fingerprint density at radius 3 is 2.71 bits per heavy atom. The number of aromatic nitrogens is 3. The maximum atomic E-state index is 5.66. The Bertz CT molecular complexity index is 373. The Balaban J connectivity index is 1.85. The number of nitrogens with one attached hydrogen (secondary N) is 1. The first-order valence-corrected chi connectivity index (χ1v) is 6.40. The van der Waals surface area contributed by atoms with Gasteiger partial charge in [0, 0.05) is 12.5 Å². The molecule has 2 rings (SSSR count). The molecular formula is C12H21N5. The van der Waals surface area contributed by atoms with Crippen molar-refractivity contribution in [2.45, 2.75) is 45.4 Å². The van der Waals surface area contributed by atoms with E-state index in [4.69, 9.17) is 5.73 Å². The minimum absolute atomic E-state index is 0.271. The molecule has 1 heterocycles. The van der Waals surface area contributed by atoms with Gasteiger partial charge in [0.15, 0.2) is 0 Å². The van der Waals surface area contributed by atoms with Crippen LogP contribution in [0.1, 0.15) is 51.3 Å². The summed E-state index contributed by atoms with van der Waals surface area (Å²) in [6.07, 6.45) is 5.31. The Kier molecular flexibility index (Phi) is 3.76. The van der Waals surface area contributed by atoms with Crippen LogP contribution in [-0.4, -0.2) is 21.5 Å². The Hall–Kier alpha value is -1.39.